The van der Waals surface area contributed by atoms with E-state index in [4.69, 9.17) is 15.2 Å². The highest BCUT2D eigenvalue weighted by atomic mass is 32.1. The highest BCUT2D eigenvalue weighted by molar-refractivity contribution is 7.16. The summed E-state index contributed by atoms with van der Waals surface area (Å²) in [7, 11) is 1.63. The van der Waals surface area contributed by atoms with Crippen LogP contribution in [0.15, 0.2) is 41.9 Å². The zero-order chi connectivity index (χ0) is 13.2. The predicted octanol–water partition coefficient (Wildman–Crippen LogP) is 3.68. The zero-order valence-electron chi connectivity index (χ0n) is 10.3. The van der Waals surface area contributed by atoms with E-state index in [1.54, 1.807) is 24.0 Å². The van der Waals surface area contributed by atoms with Gasteiger partial charge in [0.05, 0.1) is 17.3 Å². The van der Waals surface area contributed by atoms with E-state index in [1.165, 1.54) is 0 Å². The fourth-order valence-electron chi connectivity index (χ4n) is 1.79. The standard InChI is InChI=1S/C14H12N2O2S/c1-17-9-2-4-10(5-3-9)18-11-6-7-12-14(13(11)15)16-8-19-12/h2-8H,15H2,1H3. The normalized spacial score (nSPS) is 10.6. The van der Waals surface area contributed by atoms with Gasteiger partial charge in [-0.1, -0.05) is 0 Å². The van der Waals surface area contributed by atoms with Crippen molar-refractivity contribution < 1.29 is 9.47 Å². The van der Waals surface area contributed by atoms with Crippen LogP contribution in [0.5, 0.6) is 17.2 Å². The Balaban J connectivity index is 1.93. The van der Waals surface area contributed by atoms with Gasteiger partial charge in [-0.05, 0) is 36.4 Å². The smallest absolute Gasteiger partial charge is 0.152 e. The van der Waals surface area contributed by atoms with Crippen molar-refractivity contribution >= 4 is 27.2 Å². The maximum Gasteiger partial charge on any atom is 0.152 e. The Kier molecular flexibility index (Phi) is 2.97. The second kappa shape index (κ2) is 4.78. The van der Waals surface area contributed by atoms with Gasteiger partial charge in [0, 0.05) is 0 Å². The molecule has 0 unspecified atom stereocenters. The second-order valence-electron chi connectivity index (χ2n) is 3.95. The Bertz CT molecular complexity index is 707. The zero-order valence-corrected chi connectivity index (χ0v) is 11.1. The van der Waals surface area contributed by atoms with Crippen molar-refractivity contribution in [2.24, 2.45) is 0 Å². The van der Waals surface area contributed by atoms with Crippen molar-refractivity contribution in [3.63, 3.8) is 0 Å². The number of aromatic nitrogens is 1. The summed E-state index contributed by atoms with van der Waals surface area (Å²) in [5, 5.41) is 0. The molecular formula is C14H12N2O2S. The lowest BCUT2D eigenvalue weighted by atomic mass is 10.2. The number of nitrogens with zero attached hydrogens (tertiary/aromatic N) is 1. The molecule has 3 aromatic rings. The number of fused-ring (bicyclic) bond motifs is 1. The predicted molar refractivity (Wildman–Crippen MR) is 77.1 cm³/mol. The molecule has 0 radical (unpaired) electrons. The SMILES string of the molecule is COc1ccc(Oc2ccc3scnc3c2N)cc1. The minimum absolute atomic E-state index is 0.564. The molecule has 5 heteroatoms. The van der Waals surface area contributed by atoms with E-state index in [2.05, 4.69) is 4.98 Å². The number of thiazole rings is 1. The average molecular weight is 272 g/mol. The molecule has 0 aliphatic carbocycles. The molecule has 19 heavy (non-hydrogen) atoms. The van der Waals surface area contributed by atoms with Crippen molar-refractivity contribution in [1.82, 2.24) is 4.98 Å². The van der Waals surface area contributed by atoms with Gasteiger partial charge in [-0.2, -0.15) is 0 Å². The van der Waals surface area contributed by atoms with E-state index < -0.39 is 0 Å². The van der Waals surface area contributed by atoms with Gasteiger partial charge in [0.25, 0.3) is 0 Å². The van der Waals surface area contributed by atoms with Gasteiger partial charge in [0.2, 0.25) is 0 Å². The van der Waals surface area contributed by atoms with Crippen LogP contribution in [0.25, 0.3) is 10.2 Å². The quantitative estimate of drug-likeness (QED) is 0.739. The lowest BCUT2D eigenvalue weighted by Gasteiger charge is -2.09. The van der Waals surface area contributed by atoms with Crippen LogP contribution in [0, 0.1) is 0 Å². The number of hydrogen-bond donors (Lipinski definition) is 1. The molecular weight excluding hydrogens is 260 g/mol. The third-order valence-electron chi connectivity index (χ3n) is 2.79. The molecule has 0 bridgehead atoms. The number of methoxy groups -OCH3 is 1. The maximum absolute atomic E-state index is 6.06. The average Bonchev–Trinajstić information content (AvgIpc) is 2.92. The van der Waals surface area contributed by atoms with Crippen LogP contribution in [-0.2, 0) is 0 Å². The Hall–Kier alpha value is -2.27. The molecule has 2 N–H and O–H groups in total. The molecule has 0 saturated heterocycles. The fourth-order valence-corrected chi connectivity index (χ4v) is 2.49. The summed E-state index contributed by atoms with van der Waals surface area (Å²) in [6.45, 7) is 0. The minimum atomic E-state index is 0.564. The summed E-state index contributed by atoms with van der Waals surface area (Å²) in [6, 6.07) is 11.2. The summed E-state index contributed by atoms with van der Waals surface area (Å²) in [6.07, 6.45) is 0. The molecule has 2 aromatic carbocycles. The summed E-state index contributed by atoms with van der Waals surface area (Å²) in [4.78, 5) is 4.24. The first-order valence-corrected chi connectivity index (χ1v) is 6.59. The van der Waals surface area contributed by atoms with Gasteiger partial charge >= 0.3 is 0 Å². The molecule has 1 heterocycles. The first-order chi connectivity index (χ1) is 9.28. The van der Waals surface area contributed by atoms with Gasteiger partial charge < -0.3 is 15.2 Å². The Labute approximate surface area is 114 Å². The van der Waals surface area contributed by atoms with E-state index in [-0.39, 0.29) is 0 Å². The monoisotopic (exact) mass is 272 g/mol. The highest BCUT2D eigenvalue weighted by Gasteiger charge is 2.08. The molecule has 3 rings (SSSR count). The van der Waals surface area contributed by atoms with Gasteiger partial charge in [-0.15, -0.1) is 11.3 Å². The molecule has 0 saturated carbocycles. The van der Waals surface area contributed by atoms with Crippen molar-refractivity contribution in [2.75, 3.05) is 12.8 Å². The number of nitrogen functional groups attached to an aromatic ring is 1. The van der Waals surface area contributed by atoms with Gasteiger partial charge in [-0.3, -0.25) is 0 Å². The van der Waals surface area contributed by atoms with Crippen LogP contribution >= 0.6 is 11.3 Å². The van der Waals surface area contributed by atoms with Crippen LogP contribution in [0.3, 0.4) is 0 Å². The van der Waals surface area contributed by atoms with Crippen LogP contribution in [-0.4, -0.2) is 12.1 Å². The Morgan fingerprint density at radius 3 is 2.53 bits per heavy atom. The lowest BCUT2D eigenvalue weighted by molar-refractivity contribution is 0.413. The van der Waals surface area contributed by atoms with E-state index in [1.807, 2.05) is 36.4 Å². The van der Waals surface area contributed by atoms with Crippen molar-refractivity contribution in [3.05, 3.63) is 41.9 Å². The second-order valence-corrected chi connectivity index (χ2v) is 4.84. The van der Waals surface area contributed by atoms with E-state index >= 15 is 0 Å². The number of ether oxygens (including phenoxy) is 2. The Morgan fingerprint density at radius 1 is 1.05 bits per heavy atom. The maximum atomic E-state index is 6.06. The molecule has 96 valence electrons. The summed E-state index contributed by atoms with van der Waals surface area (Å²) in [5.41, 5.74) is 9.19. The van der Waals surface area contributed by atoms with Crippen molar-refractivity contribution in [1.29, 1.82) is 0 Å². The highest BCUT2D eigenvalue weighted by Crippen LogP contribution is 2.34. The topological polar surface area (TPSA) is 57.4 Å². The molecule has 0 spiro atoms. The number of benzene rings is 2. The molecule has 0 amide bonds. The van der Waals surface area contributed by atoms with E-state index in [0.29, 0.717) is 17.2 Å². The van der Waals surface area contributed by atoms with Gasteiger partial charge in [-0.25, -0.2) is 4.98 Å². The number of hydrogen-bond acceptors (Lipinski definition) is 5. The molecule has 0 atom stereocenters. The third-order valence-corrected chi connectivity index (χ3v) is 3.58. The van der Waals surface area contributed by atoms with Gasteiger partial charge in [0.15, 0.2) is 5.75 Å². The Morgan fingerprint density at radius 2 is 1.79 bits per heavy atom. The third kappa shape index (κ3) is 2.20. The summed E-state index contributed by atoms with van der Waals surface area (Å²) >= 11 is 1.56. The summed E-state index contributed by atoms with van der Waals surface area (Å²) < 4.78 is 11.9. The fraction of sp³-hybridized carbons (Fsp3) is 0.0714. The molecule has 0 aliphatic rings. The molecule has 4 nitrogen and oxygen atoms in total. The summed E-state index contributed by atoms with van der Waals surface area (Å²) in [5.74, 6) is 2.11. The number of nitrogens with two attached hydrogens (primary N) is 1. The molecule has 0 fully saturated rings. The van der Waals surface area contributed by atoms with Crippen LogP contribution in [0.2, 0.25) is 0 Å². The minimum Gasteiger partial charge on any atom is -0.497 e. The molecule has 1 aromatic heterocycles. The van der Waals surface area contributed by atoms with Crippen molar-refractivity contribution in [2.45, 2.75) is 0 Å². The van der Waals surface area contributed by atoms with Crippen LogP contribution in [0.1, 0.15) is 0 Å². The van der Waals surface area contributed by atoms with Crippen molar-refractivity contribution in [3.8, 4) is 17.2 Å². The van der Waals surface area contributed by atoms with Crippen LogP contribution in [0.4, 0.5) is 5.69 Å². The molecule has 0 aliphatic heterocycles. The first kappa shape index (κ1) is 11.8. The largest absolute Gasteiger partial charge is 0.497 e. The van der Waals surface area contributed by atoms with Gasteiger partial charge in [0.1, 0.15) is 22.7 Å². The number of rotatable bonds is 3. The van der Waals surface area contributed by atoms with E-state index in [0.717, 1.165) is 16.0 Å². The van der Waals surface area contributed by atoms with Crippen LogP contribution < -0.4 is 15.2 Å². The van der Waals surface area contributed by atoms with E-state index in [9.17, 15) is 0 Å². The first-order valence-electron chi connectivity index (χ1n) is 5.71. The number of anilines is 1. The lowest BCUT2D eigenvalue weighted by Crippen LogP contribution is -1.93.